The van der Waals surface area contributed by atoms with Crippen LogP contribution in [0, 0.1) is 24.4 Å². The highest BCUT2D eigenvalue weighted by Gasteiger charge is 2.44. The number of alkyl halides is 3. The molecule has 1 radical (unpaired) electrons. The monoisotopic (exact) mass is 544 g/mol. The number of pyridine rings is 1. The Balaban J connectivity index is 1.78. The topological polar surface area (TPSA) is 62.0 Å². The van der Waals surface area contributed by atoms with Crippen molar-refractivity contribution in [1.82, 2.24) is 4.98 Å². The third-order valence-corrected chi connectivity index (χ3v) is 7.01. The first-order valence-electron chi connectivity index (χ1n) is 12.3. The molecule has 1 aromatic heterocycles. The maximum atomic E-state index is 14.7. The van der Waals surface area contributed by atoms with Crippen LogP contribution in [0.5, 0.6) is 0 Å². The van der Waals surface area contributed by atoms with Crippen molar-refractivity contribution in [1.29, 1.82) is 0 Å². The third kappa shape index (κ3) is 5.31. The number of benzene rings is 3. The summed E-state index contributed by atoms with van der Waals surface area (Å²) in [7, 11) is 0. The van der Waals surface area contributed by atoms with Crippen LogP contribution in [0.1, 0.15) is 30.1 Å². The SMILES string of the molecule is Cc1cc(F)cc(-c2cnc3ccc(-c4cc(F)cc(F)c4C([O])C(F)(F)F)cc3c2N2CCC(N)CC2)c1. The minimum absolute atomic E-state index is 0.000963. The van der Waals surface area contributed by atoms with E-state index in [-0.39, 0.29) is 17.7 Å². The first-order valence-corrected chi connectivity index (χ1v) is 12.3. The summed E-state index contributed by atoms with van der Waals surface area (Å²) in [5.74, 6) is -3.14. The van der Waals surface area contributed by atoms with Gasteiger partial charge >= 0.3 is 6.18 Å². The molecule has 0 saturated carbocycles. The molecule has 1 atom stereocenters. The van der Waals surface area contributed by atoms with Gasteiger partial charge in [0.25, 0.3) is 0 Å². The lowest BCUT2D eigenvalue weighted by Gasteiger charge is -2.34. The summed E-state index contributed by atoms with van der Waals surface area (Å²) in [5.41, 5.74) is 7.37. The predicted octanol–water partition coefficient (Wildman–Crippen LogP) is 7.26. The summed E-state index contributed by atoms with van der Waals surface area (Å²) < 4.78 is 83.4. The van der Waals surface area contributed by atoms with Crippen molar-refractivity contribution in [3.63, 3.8) is 0 Å². The van der Waals surface area contributed by atoms with Crippen molar-refractivity contribution >= 4 is 16.6 Å². The number of rotatable bonds is 4. The second kappa shape index (κ2) is 10.2. The Bertz CT molecular complexity index is 1530. The summed E-state index contributed by atoms with van der Waals surface area (Å²) in [6.45, 7) is 2.86. The van der Waals surface area contributed by atoms with E-state index in [4.69, 9.17) is 5.73 Å². The minimum atomic E-state index is -5.29. The van der Waals surface area contributed by atoms with Crippen LogP contribution in [-0.4, -0.2) is 30.3 Å². The van der Waals surface area contributed by atoms with Crippen molar-refractivity contribution in [3.8, 4) is 22.3 Å². The highest BCUT2D eigenvalue weighted by atomic mass is 19.4. The Kier molecular flexibility index (Phi) is 7.02. The molecular formula is C29H24F6N3O. The van der Waals surface area contributed by atoms with E-state index in [9.17, 15) is 31.4 Å². The predicted molar refractivity (Wildman–Crippen MR) is 136 cm³/mol. The maximum Gasteiger partial charge on any atom is 0.422 e. The van der Waals surface area contributed by atoms with E-state index < -0.39 is 40.9 Å². The number of piperidine rings is 1. The van der Waals surface area contributed by atoms with Gasteiger partial charge in [-0.05, 0) is 72.4 Å². The number of aromatic nitrogens is 1. The second-order valence-corrected chi connectivity index (χ2v) is 9.86. The summed E-state index contributed by atoms with van der Waals surface area (Å²) in [6.07, 6.45) is -5.75. The van der Waals surface area contributed by atoms with Crippen LogP contribution in [0.4, 0.5) is 32.0 Å². The van der Waals surface area contributed by atoms with Crippen LogP contribution in [0.15, 0.2) is 54.7 Å². The molecule has 0 aliphatic carbocycles. The molecule has 1 aliphatic rings. The van der Waals surface area contributed by atoms with Gasteiger partial charge in [-0.1, -0.05) is 12.1 Å². The van der Waals surface area contributed by atoms with Crippen molar-refractivity contribution in [2.24, 2.45) is 5.73 Å². The van der Waals surface area contributed by atoms with E-state index in [1.165, 1.54) is 30.3 Å². The lowest BCUT2D eigenvalue weighted by Crippen LogP contribution is -2.40. The number of hydrogen-bond donors (Lipinski definition) is 1. The molecule has 2 N–H and O–H groups in total. The van der Waals surface area contributed by atoms with Gasteiger partial charge in [-0.3, -0.25) is 4.98 Å². The Labute approximate surface area is 220 Å². The lowest BCUT2D eigenvalue weighted by molar-refractivity contribution is -0.225. The van der Waals surface area contributed by atoms with E-state index in [0.717, 1.165) is 6.07 Å². The number of anilines is 1. The fourth-order valence-corrected chi connectivity index (χ4v) is 5.17. The molecule has 1 saturated heterocycles. The van der Waals surface area contributed by atoms with E-state index in [1.807, 2.05) is 4.90 Å². The molecule has 2 heterocycles. The molecule has 0 amide bonds. The van der Waals surface area contributed by atoms with Crippen LogP contribution >= 0.6 is 0 Å². The molecule has 5 rings (SSSR count). The van der Waals surface area contributed by atoms with Crippen LogP contribution in [-0.2, 0) is 5.11 Å². The number of nitrogens with zero attached hydrogens (tertiary/aromatic N) is 2. The average molecular weight is 545 g/mol. The first-order chi connectivity index (χ1) is 18.4. The molecule has 10 heteroatoms. The minimum Gasteiger partial charge on any atom is -0.370 e. The van der Waals surface area contributed by atoms with E-state index in [1.54, 1.807) is 19.2 Å². The fraction of sp³-hybridized carbons (Fsp3) is 0.276. The van der Waals surface area contributed by atoms with Gasteiger partial charge in [0.1, 0.15) is 17.5 Å². The zero-order valence-corrected chi connectivity index (χ0v) is 20.8. The lowest BCUT2D eigenvalue weighted by atomic mass is 9.92. The van der Waals surface area contributed by atoms with Crippen LogP contribution < -0.4 is 10.6 Å². The molecule has 1 unspecified atom stereocenters. The van der Waals surface area contributed by atoms with Gasteiger partial charge in [0.15, 0.2) is 0 Å². The third-order valence-electron chi connectivity index (χ3n) is 7.01. The molecule has 3 aromatic carbocycles. The van der Waals surface area contributed by atoms with Crippen molar-refractivity contribution in [2.75, 3.05) is 18.0 Å². The first kappa shape index (κ1) is 27.0. The molecule has 0 bridgehead atoms. The fourth-order valence-electron chi connectivity index (χ4n) is 5.17. The van der Waals surface area contributed by atoms with Gasteiger partial charge in [-0.2, -0.15) is 13.2 Å². The highest BCUT2D eigenvalue weighted by molar-refractivity contribution is 6.02. The molecule has 203 valence electrons. The smallest absolute Gasteiger partial charge is 0.370 e. The normalized spacial score (nSPS) is 15.7. The second-order valence-electron chi connectivity index (χ2n) is 9.86. The van der Waals surface area contributed by atoms with Crippen molar-refractivity contribution < 1.29 is 31.4 Å². The largest absolute Gasteiger partial charge is 0.422 e. The molecule has 39 heavy (non-hydrogen) atoms. The number of nitrogens with two attached hydrogens (primary N) is 1. The Morgan fingerprint density at radius 3 is 2.28 bits per heavy atom. The Hall–Kier alpha value is -3.63. The van der Waals surface area contributed by atoms with Crippen LogP contribution in [0.25, 0.3) is 33.2 Å². The quantitative estimate of drug-likeness (QED) is 0.275. The molecule has 1 fully saturated rings. The number of hydrogen-bond acceptors (Lipinski definition) is 3. The van der Waals surface area contributed by atoms with Crippen LogP contribution in [0.2, 0.25) is 0 Å². The zero-order valence-electron chi connectivity index (χ0n) is 20.8. The maximum absolute atomic E-state index is 14.7. The van der Waals surface area contributed by atoms with Crippen LogP contribution in [0.3, 0.4) is 0 Å². The van der Waals surface area contributed by atoms with E-state index in [2.05, 4.69) is 4.98 Å². The van der Waals surface area contributed by atoms with Crippen molar-refractivity contribution in [2.45, 2.75) is 38.1 Å². The van der Waals surface area contributed by atoms with Gasteiger partial charge in [0.05, 0.1) is 11.2 Å². The molecule has 4 nitrogen and oxygen atoms in total. The Morgan fingerprint density at radius 1 is 0.923 bits per heavy atom. The van der Waals surface area contributed by atoms with E-state index >= 15 is 0 Å². The molecular weight excluding hydrogens is 520 g/mol. The highest BCUT2D eigenvalue weighted by Crippen LogP contribution is 2.43. The standard InChI is InChI=1S/C29H24F6N3O/c1-15-8-17(10-18(30)9-15)23-14-37-25-3-2-16(11-22(25)27(23)38-6-4-20(36)5-7-38)21-12-19(31)13-24(32)26(21)28(39)29(33,34)35/h2-3,8-14,20,28H,4-7,36H2,1H3. The molecule has 0 spiro atoms. The average Bonchev–Trinajstić information content (AvgIpc) is 2.86. The van der Waals surface area contributed by atoms with Gasteiger partial charge in [-0.25, -0.2) is 18.3 Å². The summed E-state index contributed by atoms with van der Waals surface area (Å²) in [5, 5.41) is 12.7. The summed E-state index contributed by atoms with van der Waals surface area (Å²) in [4.78, 5) is 6.54. The number of halogens is 6. The summed E-state index contributed by atoms with van der Waals surface area (Å²) in [6, 6.07) is 9.90. The number of fused-ring (bicyclic) bond motifs is 1. The molecule has 1 aliphatic heterocycles. The summed E-state index contributed by atoms with van der Waals surface area (Å²) >= 11 is 0. The van der Waals surface area contributed by atoms with Gasteiger partial charge < -0.3 is 10.6 Å². The van der Waals surface area contributed by atoms with E-state index in [0.29, 0.717) is 59.2 Å². The molecule has 4 aromatic rings. The van der Waals surface area contributed by atoms with Crippen molar-refractivity contribution in [3.05, 3.63) is 83.3 Å². The van der Waals surface area contributed by atoms with Gasteiger partial charge in [0.2, 0.25) is 6.10 Å². The number of aryl methyl sites for hydroxylation is 1. The zero-order chi connectivity index (χ0) is 28.1. The van der Waals surface area contributed by atoms with Gasteiger partial charge in [0, 0.05) is 47.9 Å². The Morgan fingerprint density at radius 2 is 1.62 bits per heavy atom. The van der Waals surface area contributed by atoms with Gasteiger partial charge in [-0.15, -0.1) is 0 Å².